The first kappa shape index (κ1) is 19.4. The van der Waals surface area contributed by atoms with Crippen LogP contribution in [-0.4, -0.2) is 37.6 Å². The Balaban J connectivity index is 0.00000210. The number of halogens is 1. The van der Waals surface area contributed by atoms with Crippen LogP contribution in [0.5, 0.6) is 5.75 Å². The molecule has 3 nitrogen and oxygen atoms in total. The van der Waals surface area contributed by atoms with Crippen molar-refractivity contribution in [3.05, 3.63) is 71.4 Å². The van der Waals surface area contributed by atoms with Gasteiger partial charge >= 0.3 is 0 Å². The summed E-state index contributed by atoms with van der Waals surface area (Å²) in [5.74, 6) is 1.31. The standard InChI is InChI=1S/C23H24N2O.ClH/c1-25(2)15-19-14-23-18(11-17-7-4-5-10-22(17)24-23)13-21(19)16-8-6-9-20(12-16)26-3;/h4-13,19H,14-15H2,1-3H3;1H. The number of pyridine rings is 1. The smallest absolute Gasteiger partial charge is 0.119 e. The highest BCUT2D eigenvalue weighted by Crippen LogP contribution is 2.36. The van der Waals surface area contributed by atoms with Gasteiger partial charge in [0.1, 0.15) is 5.75 Å². The van der Waals surface area contributed by atoms with Crippen molar-refractivity contribution in [1.29, 1.82) is 0 Å². The number of benzene rings is 2. The Morgan fingerprint density at radius 3 is 2.67 bits per heavy atom. The Morgan fingerprint density at radius 2 is 1.89 bits per heavy atom. The van der Waals surface area contributed by atoms with Crippen molar-refractivity contribution < 1.29 is 4.74 Å². The van der Waals surface area contributed by atoms with Gasteiger partial charge in [0.15, 0.2) is 0 Å². The van der Waals surface area contributed by atoms with Crippen LogP contribution < -0.4 is 4.74 Å². The molecule has 0 radical (unpaired) electrons. The molecule has 0 aliphatic heterocycles. The lowest BCUT2D eigenvalue weighted by Gasteiger charge is -2.28. The summed E-state index contributed by atoms with van der Waals surface area (Å²) in [6.07, 6.45) is 3.28. The van der Waals surface area contributed by atoms with Crippen molar-refractivity contribution >= 4 is 35.0 Å². The van der Waals surface area contributed by atoms with Crippen LogP contribution >= 0.6 is 12.4 Å². The Kier molecular flexibility index (Phi) is 5.83. The first-order valence-corrected chi connectivity index (χ1v) is 9.03. The van der Waals surface area contributed by atoms with Gasteiger partial charge in [0, 0.05) is 23.5 Å². The summed E-state index contributed by atoms with van der Waals surface area (Å²) in [4.78, 5) is 7.20. The first-order chi connectivity index (χ1) is 12.6. The summed E-state index contributed by atoms with van der Waals surface area (Å²) in [6.45, 7) is 0.997. The summed E-state index contributed by atoms with van der Waals surface area (Å²) in [5, 5.41) is 1.19. The van der Waals surface area contributed by atoms with Crippen molar-refractivity contribution in [3.8, 4) is 5.75 Å². The molecule has 1 unspecified atom stereocenters. The maximum atomic E-state index is 5.44. The van der Waals surface area contributed by atoms with E-state index >= 15 is 0 Å². The normalized spacial score (nSPS) is 15.9. The van der Waals surface area contributed by atoms with E-state index in [-0.39, 0.29) is 12.4 Å². The molecule has 4 rings (SSSR count). The molecule has 3 aromatic rings. The fourth-order valence-electron chi connectivity index (χ4n) is 3.81. The van der Waals surface area contributed by atoms with Crippen molar-refractivity contribution in [2.75, 3.05) is 27.7 Å². The molecular formula is C23H25ClN2O. The zero-order valence-corrected chi connectivity index (χ0v) is 16.8. The van der Waals surface area contributed by atoms with Crippen LogP contribution in [-0.2, 0) is 6.42 Å². The van der Waals surface area contributed by atoms with E-state index in [1.54, 1.807) is 7.11 Å². The molecular weight excluding hydrogens is 356 g/mol. The number of rotatable bonds is 4. The highest BCUT2D eigenvalue weighted by atomic mass is 35.5. The Labute approximate surface area is 167 Å². The third-order valence-corrected chi connectivity index (χ3v) is 5.02. The molecule has 0 amide bonds. The fraction of sp³-hybridized carbons (Fsp3) is 0.261. The van der Waals surface area contributed by atoms with E-state index in [1.807, 2.05) is 6.07 Å². The maximum Gasteiger partial charge on any atom is 0.119 e. The Bertz CT molecular complexity index is 981. The van der Waals surface area contributed by atoms with Crippen LogP contribution in [0, 0.1) is 5.92 Å². The molecule has 1 aliphatic rings. The second-order valence-electron chi connectivity index (χ2n) is 7.21. The molecule has 4 heteroatoms. The van der Waals surface area contributed by atoms with Gasteiger partial charge in [0.25, 0.3) is 0 Å². The molecule has 2 aromatic carbocycles. The summed E-state index contributed by atoms with van der Waals surface area (Å²) in [7, 11) is 5.98. The minimum atomic E-state index is 0. The number of methoxy groups -OCH3 is 1. The molecule has 0 saturated carbocycles. The van der Waals surface area contributed by atoms with Crippen LogP contribution in [0.4, 0.5) is 0 Å². The maximum absolute atomic E-state index is 5.44. The fourth-order valence-corrected chi connectivity index (χ4v) is 3.81. The van der Waals surface area contributed by atoms with E-state index in [0.717, 1.165) is 24.2 Å². The second kappa shape index (κ2) is 8.12. The molecule has 27 heavy (non-hydrogen) atoms. The summed E-state index contributed by atoms with van der Waals surface area (Å²) >= 11 is 0. The highest BCUT2D eigenvalue weighted by molar-refractivity contribution is 5.90. The zero-order chi connectivity index (χ0) is 18.1. The molecule has 1 heterocycles. The van der Waals surface area contributed by atoms with Gasteiger partial charge in [-0.3, -0.25) is 4.98 Å². The molecule has 1 aromatic heterocycles. The van der Waals surface area contributed by atoms with Crippen LogP contribution in [0.25, 0.3) is 22.6 Å². The SMILES string of the molecule is COc1cccc(C2=Cc3cc4ccccc4nc3CC2CN(C)C)c1.Cl. The third kappa shape index (κ3) is 4.00. The average Bonchev–Trinajstić information content (AvgIpc) is 2.65. The molecule has 0 spiro atoms. The molecule has 1 aliphatic carbocycles. The minimum Gasteiger partial charge on any atom is -0.497 e. The monoisotopic (exact) mass is 380 g/mol. The number of hydrogen-bond acceptors (Lipinski definition) is 3. The van der Waals surface area contributed by atoms with Gasteiger partial charge in [0.2, 0.25) is 0 Å². The van der Waals surface area contributed by atoms with Gasteiger partial charge in [0.05, 0.1) is 12.6 Å². The summed E-state index contributed by atoms with van der Waals surface area (Å²) in [6, 6.07) is 19.0. The Hall–Kier alpha value is -2.36. The second-order valence-corrected chi connectivity index (χ2v) is 7.21. The van der Waals surface area contributed by atoms with Crippen molar-refractivity contribution in [1.82, 2.24) is 9.88 Å². The Morgan fingerprint density at radius 1 is 1.07 bits per heavy atom. The zero-order valence-electron chi connectivity index (χ0n) is 16.0. The van der Waals surface area contributed by atoms with E-state index in [4.69, 9.17) is 9.72 Å². The number of fused-ring (bicyclic) bond motifs is 2. The molecule has 0 fully saturated rings. The van der Waals surface area contributed by atoms with Crippen LogP contribution in [0.1, 0.15) is 16.8 Å². The van der Waals surface area contributed by atoms with Gasteiger partial charge in [-0.05, 0) is 67.6 Å². The van der Waals surface area contributed by atoms with E-state index in [1.165, 1.54) is 27.8 Å². The molecule has 0 saturated heterocycles. The third-order valence-electron chi connectivity index (χ3n) is 5.02. The quantitative estimate of drug-likeness (QED) is 0.641. The summed E-state index contributed by atoms with van der Waals surface area (Å²) < 4.78 is 5.44. The van der Waals surface area contributed by atoms with Gasteiger partial charge in [-0.25, -0.2) is 0 Å². The molecule has 140 valence electrons. The number of hydrogen-bond donors (Lipinski definition) is 0. The number of para-hydroxylation sites is 1. The van der Waals surface area contributed by atoms with Crippen molar-refractivity contribution in [2.45, 2.75) is 6.42 Å². The predicted octanol–water partition coefficient (Wildman–Crippen LogP) is 4.94. The first-order valence-electron chi connectivity index (χ1n) is 9.03. The topological polar surface area (TPSA) is 25.4 Å². The number of aromatic nitrogens is 1. The van der Waals surface area contributed by atoms with Crippen molar-refractivity contribution in [2.24, 2.45) is 5.92 Å². The molecule has 0 bridgehead atoms. The summed E-state index contributed by atoms with van der Waals surface area (Å²) in [5.41, 5.74) is 6.10. The van der Waals surface area contributed by atoms with E-state index in [9.17, 15) is 0 Å². The lowest BCUT2D eigenvalue weighted by molar-refractivity contribution is 0.361. The lowest BCUT2D eigenvalue weighted by Crippen LogP contribution is -2.26. The van der Waals surface area contributed by atoms with Crippen molar-refractivity contribution in [3.63, 3.8) is 0 Å². The average molecular weight is 381 g/mol. The van der Waals surface area contributed by atoms with Crippen LogP contribution in [0.2, 0.25) is 0 Å². The highest BCUT2D eigenvalue weighted by Gasteiger charge is 2.24. The molecule has 0 N–H and O–H groups in total. The van der Waals surface area contributed by atoms with Crippen LogP contribution in [0.15, 0.2) is 54.6 Å². The van der Waals surface area contributed by atoms with Gasteiger partial charge in [-0.1, -0.05) is 30.3 Å². The van der Waals surface area contributed by atoms with E-state index in [2.05, 4.69) is 73.6 Å². The van der Waals surface area contributed by atoms with Crippen LogP contribution in [0.3, 0.4) is 0 Å². The number of nitrogens with zero attached hydrogens (tertiary/aromatic N) is 2. The molecule has 1 atom stereocenters. The number of ether oxygens (including phenoxy) is 1. The van der Waals surface area contributed by atoms with Gasteiger partial charge in [-0.2, -0.15) is 0 Å². The van der Waals surface area contributed by atoms with Gasteiger partial charge in [-0.15, -0.1) is 12.4 Å². The lowest BCUT2D eigenvalue weighted by atomic mass is 9.81. The van der Waals surface area contributed by atoms with E-state index in [0.29, 0.717) is 5.92 Å². The van der Waals surface area contributed by atoms with Gasteiger partial charge < -0.3 is 9.64 Å². The largest absolute Gasteiger partial charge is 0.497 e. The predicted molar refractivity (Wildman–Crippen MR) is 116 cm³/mol. The van der Waals surface area contributed by atoms with E-state index < -0.39 is 0 Å². The minimum absolute atomic E-state index is 0.